The Balaban J connectivity index is 1.20. The molecule has 0 radical (unpaired) electrons. The number of benzene rings is 1. The highest BCUT2D eigenvalue weighted by Gasteiger charge is 2.55. The molecule has 2 saturated carbocycles. The van der Waals surface area contributed by atoms with Gasteiger partial charge < -0.3 is 20.9 Å². The molecule has 2 saturated heterocycles. The van der Waals surface area contributed by atoms with Gasteiger partial charge in [0.25, 0.3) is 0 Å². The fourth-order valence-electron chi connectivity index (χ4n) is 7.63. The molecule has 246 valence electrons. The van der Waals surface area contributed by atoms with Crippen LogP contribution in [0.2, 0.25) is 0 Å². The van der Waals surface area contributed by atoms with Crippen LogP contribution in [0.5, 0.6) is 0 Å². The van der Waals surface area contributed by atoms with Crippen molar-refractivity contribution in [2.45, 2.75) is 81.1 Å². The zero-order valence-corrected chi connectivity index (χ0v) is 26.6. The van der Waals surface area contributed by atoms with Crippen LogP contribution in [0.3, 0.4) is 0 Å². The molecule has 3 N–H and O–H groups in total. The molecule has 9 nitrogen and oxygen atoms in total. The first-order chi connectivity index (χ1) is 21.5. The van der Waals surface area contributed by atoms with Crippen molar-refractivity contribution in [1.82, 2.24) is 15.1 Å². The van der Waals surface area contributed by atoms with E-state index in [-0.39, 0.29) is 78.7 Å². The normalized spacial score (nSPS) is 30.9. The number of rotatable bonds is 8. The molecule has 5 rings (SSSR count). The first kappa shape index (κ1) is 33.4. The van der Waals surface area contributed by atoms with E-state index in [4.69, 9.17) is 0 Å². The Bertz CT molecular complexity index is 1280. The summed E-state index contributed by atoms with van der Waals surface area (Å²) in [4.78, 5) is 43.0. The van der Waals surface area contributed by atoms with Gasteiger partial charge in [0.1, 0.15) is 0 Å². The monoisotopic (exact) mass is 648 g/mol. The number of nitrogens with zero attached hydrogens (tertiary/aromatic N) is 3. The standard InChI is InChI=1S/C32H43F3N6O3S/c1-3-37-30(43)24-16-26-29(25(24)17-36)45-27-15-22(8-9-23(27)31(44)41(26)4-2)38-20-6-5-7-21(14-20)39-28(42)18-40-12-10-19(11-13-40)32(33,34)35/h5-7,14,19,22-27,29,38H,3-4,8-13,15-16,18H2,1-2H3,(H,37,43)(H,39,42). The molecule has 7 atom stereocenters. The number of alkyl halides is 3. The van der Waals surface area contributed by atoms with Crippen LogP contribution in [0.1, 0.15) is 52.4 Å². The largest absolute Gasteiger partial charge is 0.391 e. The number of piperidine rings is 1. The van der Waals surface area contributed by atoms with Crippen molar-refractivity contribution < 1.29 is 27.6 Å². The number of anilines is 2. The highest BCUT2D eigenvalue weighted by Crippen LogP contribution is 2.50. The van der Waals surface area contributed by atoms with E-state index in [9.17, 15) is 32.8 Å². The first-order valence-electron chi connectivity index (χ1n) is 16.1. The smallest absolute Gasteiger partial charge is 0.382 e. The summed E-state index contributed by atoms with van der Waals surface area (Å²) in [5, 5.41) is 19.4. The summed E-state index contributed by atoms with van der Waals surface area (Å²) < 4.78 is 38.9. The number of thioether (sulfide) groups is 1. The summed E-state index contributed by atoms with van der Waals surface area (Å²) in [7, 11) is 0. The van der Waals surface area contributed by atoms with Crippen LogP contribution in [0.15, 0.2) is 24.3 Å². The fourth-order valence-corrected chi connectivity index (χ4v) is 9.68. The second-order valence-electron chi connectivity index (χ2n) is 12.7. The van der Waals surface area contributed by atoms with Crippen molar-refractivity contribution in [3.05, 3.63) is 24.3 Å². The Kier molecular flexibility index (Phi) is 10.5. The Morgan fingerprint density at radius 1 is 1.09 bits per heavy atom. The van der Waals surface area contributed by atoms with Gasteiger partial charge in [0.2, 0.25) is 17.7 Å². The van der Waals surface area contributed by atoms with E-state index in [2.05, 4.69) is 22.0 Å². The molecule has 0 bridgehead atoms. The number of hydrogen-bond acceptors (Lipinski definition) is 7. The van der Waals surface area contributed by atoms with Gasteiger partial charge in [-0.3, -0.25) is 19.3 Å². The number of likely N-dealkylation sites (tertiary alicyclic amines) is 1. The first-order valence-corrected chi connectivity index (χ1v) is 17.0. The third-order valence-corrected chi connectivity index (χ3v) is 11.7. The van der Waals surface area contributed by atoms with Gasteiger partial charge in [0.15, 0.2) is 0 Å². The van der Waals surface area contributed by atoms with E-state index >= 15 is 0 Å². The number of amides is 3. The van der Waals surface area contributed by atoms with Crippen molar-refractivity contribution in [2.24, 2.45) is 23.7 Å². The van der Waals surface area contributed by atoms with Gasteiger partial charge in [-0.25, -0.2) is 0 Å². The molecular weight excluding hydrogens is 605 g/mol. The highest BCUT2D eigenvalue weighted by molar-refractivity contribution is 8.00. The predicted molar refractivity (Wildman–Crippen MR) is 167 cm³/mol. The number of hydrogen-bond donors (Lipinski definition) is 3. The van der Waals surface area contributed by atoms with Crippen molar-refractivity contribution in [1.29, 1.82) is 5.26 Å². The minimum Gasteiger partial charge on any atom is -0.382 e. The maximum atomic E-state index is 13.8. The predicted octanol–water partition coefficient (Wildman–Crippen LogP) is 4.48. The lowest BCUT2D eigenvalue weighted by Gasteiger charge is -2.36. The van der Waals surface area contributed by atoms with Crippen LogP contribution in [0.25, 0.3) is 0 Å². The minimum atomic E-state index is -4.19. The number of carbonyl (C=O) groups excluding carboxylic acids is 3. The summed E-state index contributed by atoms with van der Waals surface area (Å²) in [6.07, 6.45) is -1.41. The SMILES string of the molecule is CCNC(=O)C1CC2C(SC3CC(Nc4cccc(NC(=O)CN5CCC(C(F)(F)F)CC5)c4)CCC3C(=O)N2CC)C1C#N. The number of carbonyl (C=O) groups is 3. The van der Waals surface area contributed by atoms with Gasteiger partial charge in [0, 0.05) is 47.0 Å². The van der Waals surface area contributed by atoms with E-state index in [1.807, 2.05) is 36.9 Å². The van der Waals surface area contributed by atoms with Gasteiger partial charge in [-0.15, -0.1) is 0 Å². The van der Waals surface area contributed by atoms with Crippen LogP contribution >= 0.6 is 11.8 Å². The second kappa shape index (κ2) is 14.2. The lowest BCUT2D eigenvalue weighted by Crippen LogP contribution is -2.46. The second-order valence-corrected chi connectivity index (χ2v) is 14.1. The average Bonchev–Trinajstić information content (AvgIpc) is 3.30. The Labute approximate surface area is 267 Å². The quantitative estimate of drug-likeness (QED) is 0.381. The molecule has 4 fully saturated rings. The lowest BCUT2D eigenvalue weighted by atomic mass is 9.84. The van der Waals surface area contributed by atoms with Crippen LogP contribution in [0.4, 0.5) is 24.5 Å². The molecule has 3 amide bonds. The molecular formula is C32H43F3N6O3S. The van der Waals surface area contributed by atoms with E-state index in [1.54, 1.807) is 22.7 Å². The third kappa shape index (κ3) is 7.54. The summed E-state index contributed by atoms with van der Waals surface area (Å²) in [5.74, 6) is -2.58. The zero-order valence-electron chi connectivity index (χ0n) is 25.8. The molecule has 7 unspecified atom stereocenters. The van der Waals surface area contributed by atoms with Crippen molar-refractivity contribution in [2.75, 3.05) is 43.4 Å². The molecule has 45 heavy (non-hydrogen) atoms. The molecule has 2 heterocycles. The summed E-state index contributed by atoms with van der Waals surface area (Å²) in [6, 6.07) is 9.75. The Hall–Kier alpha value is -2.98. The number of nitrogens with one attached hydrogen (secondary N) is 3. The highest BCUT2D eigenvalue weighted by atomic mass is 32.2. The number of fused-ring (bicyclic) bond motifs is 2. The Morgan fingerprint density at radius 2 is 1.82 bits per heavy atom. The zero-order chi connectivity index (χ0) is 32.3. The van der Waals surface area contributed by atoms with Crippen LogP contribution in [-0.4, -0.2) is 89.0 Å². The van der Waals surface area contributed by atoms with E-state index < -0.39 is 23.9 Å². The maximum Gasteiger partial charge on any atom is 0.391 e. The molecule has 1 aromatic rings. The van der Waals surface area contributed by atoms with Gasteiger partial charge in [0.05, 0.1) is 36.3 Å². The summed E-state index contributed by atoms with van der Waals surface area (Å²) in [6.45, 7) is 5.40. The van der Waals surface area contributed by atoms with Crippen molar-refractivity contribution in [3.8, 4) is 6.07 Å². The minimum absolute atomic E-state index is 0.00707. The topological polar surface area (TPSA) is 118 Å². The molecule has 2 aliphatic carbocycles. The molecule has 13 heteroatoms. The van der Waals surface area contributed by atoms with Crippen molar-refractivity contribution in [3.63, 3.8) is 0 Å². The van der Waals surface area contributed by atoms with Crippen molar-refractivity contribution >= 4 is 40.9 Å². The third-order valence-electron chi connectivity index (χ3n) is 9.90. The molecule has 4 aliphatic rings. The van der Waals surface area contributed by atoms with E-state index in [0.717, 1.165) is 24.9 Å². The molecule has 0 aromatic heterocycles. The van der Waals surface area contributed by atoms with E-state index in [1.165, 1.54) is 0 Å². The van der Waals surface area contributed by atoms with Gasteiger partial charge in [-0.2, -0.15) is 30.2 Å². The fraction of sp³-hybridized carbons (Fsp3) is 0.688. The lowest BCUT2D eigenvalue weighted by molar-refractivity contribution is -0.184. The van der Waals surface area contributed by atoms with Gasteiger partial charge in [-0.05, 0) is 83.7 Å². The molecule has 1 aromatic carbocycles. The molecule has 0 spiro atoms. The van der Waals surface area contributed by atoms with Crippen LogP contribution in [-0.2, 0) is 14.4 Å². The van der Waals surface area contributed by atoms with Gasteiger partial charge >= 0.3 is 6.18 Å². The average molecular weight is 649 g/mol. The maximum absolute atomic E-state index is 13.8. The van der Waals surface area contributed by atoms with Gasteiger partial charge in [-0.1, -0.05) is 6.07 Å². The Morgan fingerprint density at radius 3 is 2.49 bits per heavy atom. The summed E-state index contributed by atoms with van der Waals surface area (Å²) >= 11 is 1.72. The molecule has 2 aliphatic heterocycles. The van der Waals surface area contributed by atoms with E-state index in [0.29, 0.717) is 25.2 Å². The number of nitriles is 1. The van der Waals surface area contributed by atoms with Crippen LogP contribution < -0.4 is 16.0 Å². The number of halogens is 3. The van der Waals surface area contributed by atoms with Crippen LogP contribution in [0, 0.1) is 35.0 Å². The summed E-state index contributed by atoms with van der Waals surface area (Å²) in [5.41, 5.74) is 1.43.